The molecule has 0 aliphatic carbocycles. The van der Waals surface area contributed by atoms with Crippen LogP contribution in [0.25, 0.3) is 0 Å². The second-order valence-corrected chi connectivity index (χ2v) is 3.29. The van der Waals surface area contributed by atoms with Crippen LogP contribution >= 0.6 is 15.9 Å². The van der Waals surface area contributed by atoms with Crippen LogP contribution in [0.3, 0.4) is 0 Å². The number of hydrogen-bond acceptors (Lipinski definition) is 3. The van der Waals surface area contributed by atoms with Crippen LogP contribution in [0.5, 0.6) is 0 Å². The fraction of sp³-hybridized carbons (Fsp3) is 0.429. The van der Waals surface area contributed by atoms with Gasteiger partial charge < -0.3 is 5.32 Å². The van der Waals surface area contributed by atoms with Crippen LogP contribution < -0.4 is 5.32 Å². The molecule has 60 valence electrons. The summed E-state index contributed by atoms with van der Waals surface area (Å²) in [4.78, 5) is 9.90. The Kier molecular flexibility index (Phi) is 2.82. The van der Waals surface area contributed by atoms with Gasteiger partial charge in [-0.25, -0.2) is 0 Å². The summed E-state index contributed by atoms with van der Waals surface area (Å²) in [5.74, 6) is 0. The minimum atomic E-state index is 0.225. The molecule has 0 spiro atoms. The fourth-order valence-corrected chi connectivity index (χ4v) is 1.25. The van der Waals surface area contributed by atoms with Crippen LogP contribution in [0.1, 0.15) is 6.92 Å². The van der Waals surface area contributed by atoms with Gasteiger partial charge in [0.25, 0.3) is 0 Å². The number of halogens is 1. The van der Waals surface area contributed by atoms with Gasteiger partial charge in [-0.1, -0.05) is 21.1 Å². The summed E-state index contributed by atoms with van der Waals surface area (Å²) in [5.41, 5.74) is 2.11. The van der Waals surface area contributed by atoms with Gasteiger partial charge in [0.05, 0.1) is 0 Å². The first-order chi connectivity index (χ1) is 5.24. The maximum Gasteiger partial charge on any atom is 0.121 e. The van der Waals surface area contributed by atoms with E-state index < -0.39 is 0 Å². The smallest absolute Gasteiger partial charge is 0.121 e. The summed E-state index contributed by atoms with van der Waals surface area (Å²) in [6, 6.07) is 0. The minimum Gasteiger partial charge on any atom is -0.383 e. The second-order valence-electron chi connectivity index (χ2n) is 2.44. The van der Waals surface area contributed by atoms with Gasteiger partial charge in [-0.15, -0.1) is 0 Å². The van der Waals surface area contributed by atoms with Crippen molar-refractivity contribution in [2.24, 2.45) is 5.18 Å². The van der Waals surface area contributed by atoms with Crippen molar-refractivity contribution < 1.29 is 0 Å². The lowest BCUT2D eigenvalue weighted by atomic mass is 10.2. The molecular formula is C7H9BrN2O. The summed E-state index contributed by atoms with van der Waals surface area (Å²) in [6.45, 7) is 3.04. The van der Waals surface area contributed by atoms with Gasteiger partial charge in [0.1, 0.15) is 6.54 Å². The predicted octanol–water partition coefficient (Wildman–Crippen LogP) is 1.91. The molecule has 0 aromatic rings. The van der Waals surface area contributed by atoms with E-state index in [2.05, 4.69) is 26.4 Å². The van der Waals surface area contributed by atoms with Crippen LogP contribution in [0.15, 0.2) is 27.0 Å². The second kappa shape index (κ2) is 3.67. The van der Waals surface area contributed by atoms with Crippen LogP contribution in [-0.4, -0.2) is 13.1 Å². The molecule has 0 amide bonds. The molecule has 0 saturated carbocycles. The van der Waals surface area contributed by atoms with Crippen molar-refractivity contribution >= 4 is 15.9 Å². The lowest BCUT2D eigenvalue weighted by molar-refractivity contribution is 0.819. The Morgan fingerprint density at radius 2 is 2.55 bits per heavy atom. The highest BCUT2D eigenvalue weighted by atomic mass is 79.9. The Labute approximate surface area is 73.7 Å². The number of allylic oxidation sites excluding steroid dienone is 2. The van der Waals surface area contributed by atoms with Crippen molar-refractivity contribution in [3.63, 3.8) is 0 Å². The number of nitroso groups, excluding NO2 is 1. The number of nitrogens with zero attached hydrogens (tertiary/aromatic N) is 1. The van der Waals surface area contributed by atoms with Gasteiger partial charge in [-0.2, -0.15) is 4.91 Å². The zero-order chi connectivity index (χ0) is 8.27. The molecule has 11 heavy (non-hydrogen) atoms. The van der Waals surface area contributed by atoms with Gasteiger partial charge in [0, 0.05) is 16.7 Å². The van der Waals surface area contributed by atoms with Crippen LogP contribution in [0.4, 0.5) is 0 Å². The number of rotatable bonds is 2. The average molecular weight is 217 g/mol. The normalized spacial score (nSPS) is 17.5. The standard InChI is InChI=1S/C7H9BrN2O/c1-5-3-9-6(4-10-11)2-7(5)8/h2,9H,3-4H2,1H3. The molecule has 0 saturated heterocycles. The van der Waals surface area contributed by atoms with Crippen molar-refractivity contribution in [2.75, 3.05) is 13.1 Å². The summed E-state index contributed by atoms with van der Waals surface area (Å²) in [7, 11) is 0. The molecule has 0 aromatic carbocycles. The van der Waals surface area contributed by atoms with E-state index in [-0.39, 0.29) is 6.54 Å². The molecule has 1 heterocycles. The fourth-order valence-electron chi connectivity index (χ4n) is 0.829. The molecule has 0 atom stereocenters. The maximum atomic E-state index is 9.90. The molecule has 0 unspecified atom stereocenters. The Balaban J connectivity index is 2.72. The van der Waals surface area contributed by atoms with Crippen molar-refractivity contribution in [1.29, 1.82) is 0 Å². The molecule has 0 aromatic heterocycles. The van der Waals surface area contributed by atoms with Crippen LogP contribution in [0.2, 0.25) is 0 Å². The monoisotopic (exact) mass is 216 g/mol. The molecule has 0 fully saturated rings. The average Bonchev–Trinajstić information content (AvgIpc) is 1.98. The van der Waals surface area contributed by atoms with Gasteiger partial charge >= 0.3 is 0 Å². The van der Waals surface area contributed by atoms with E-state index in [1.165, 1.54) is 5.57 Å². The molecule has 1 rings (SSSR count). The number of dihydropyridines is 1. The molecule has 1 aliphatic heterocycles. The molecule has 3 nitrogen and oxygen atoms in total. The lowest BCUT2D eigenvalue weighted by Crippen LogP contribution is -2.21. The van der Waals surface area contributed by atoms with Crippen molar-refractivity contribution in [2.45, 2.75) is 6.92 Å². The minimum absolute atomic E-state index is 0.225. The first kappa shape index (κ1) is 8.46. The van der Waals surface area contributed by atoms with Crippen molar-refractivity contribution in [3.05, 3.63) is 26.7 Å². The van der Waals surface area contributed by atoms with E-state index in [1.807, 2.05) is 13.0 Å². The van der Waals surface area contributed by atoms with Crippen molar-refractivity contribution in [3.8, 4) is 0 Å². The lowest BCUT2D eigenvalue weighted by Gasteiger charge is -2.14. The highest BCUT2D eigenvalue weighted by molar-refractivity contribution is 9.11. The largest absolute Gasteiger partial charge is 0.383 e. The Morgan fingerprint density at radius 3 is 3.09 bits per heavy atom. The number of nitrogens with one attached hydrogen (secondary N) is 1. The zero-order valence-corrected chi connectivity index (χ0v) is 7.81. The third-order valence-electron chi connectivity index (χ3n) is 1.52. The van der Waals surface area contributed by atoms with Crippen LogP contribution in [-0.2, 0) is 0 Å². The number of hydrogen-bond donors (Lipinski definition) is 1. The van der Waals surface area contributed by atoms with E-state index in [9.17, 15) is 4.91 Å². The summed E-state index contributed by atoms with van der Waals surface area (Å²) in [6.07, 6.45) is 1.89. The predicted molar refractivity (Wildman–Crippen MR) is 48.4 cm³/mol. The Bertz CT molecular complexity index is 233. The summed E-state index contributed by atoms with van der Waals surface area (Å²) < 4.78 is 1.05. The molecule has 1 aliphatic rings. The molecule has 4 heteroatoms. The molecule has 1 N–H and O–H groups in total. The highest BCUT2D eigenvalue weighted by Gasteiger charge is 2.06. The van der Waals surface area contributed by atoms with Gasteiger partial charge in [0.15, 0.2) is 0 Å². The molecular weight excluding hydrogens is 208 g/mol. The Morgan fingerprint density at radius 1 is 1.82 bits per heavy atom. The van der Waals surface area contributed by atoms with Gasteiger partial charge in [-0.05, 0) is 18.6 Å². The zero-order valence-electron chi connectivity index (χ0n) is 6.22. The van der Waals surface area contributed by atoms with E-state index in [1.54, 1.807) is 0 Å². The van der Waals surface area contributed by atoms with E-state index in [4.69, 9.17) is 0 Å². The highest BCUT2D eigenvalue weighted by Crippen LogP contribution is 2.18. The van der Waals surface area contributed by atoms with E-state index >= 15 is 0 Å². The topological polar surface area (TPSA) is 41.5 Å². The SMILES string of the molecule is CC1=C(Br)C=C(CN=O)NC1. The first-order valence-electron chi connectivity index (χ1n) is 3.33. The van der Waals surface area contributed by atoms with E-state index in [0.29, 0.717) is 0 Å². The van der Waals surface area contributed by atoms with Gasteiger partial charge in [0.2, 0.25) is 0 Å². The quantitative estimate of drug-likeness (QED) is 0.717. The Hall–Kier alpha value is -0.640. The summed E-state index contributed by atoms with van der Waals surface area (Å²) in [5, 5.41) is 5.87. The third-order valence-corrected chi connectivity index (χ3v) is 2.43. The molecule has 0 bridgehead atoms. The summed E-state index contributed by atoms with van der Waals surface area (Å²) >= 11 is 3.38. The molecule has 0 radical (unpaired) electrons. The third kappa shape index (κ3) is 2.15. The first-order valence-corrected chi connectivity index (χ1v) is 4.12. The van der Waals surface area contributed by atoms with E-state index in [0.717, 1.165) is 16.7 Å². The van der Waals surface area contributed by atoms with Crippen LogP contribution in [0, 0.1) is 4.91 Å². The van der Waals surface area contributed by atoms with Crippen molar-refractivity contribution in [1.82, 2.24) is 5.32 Å². The maximum absolute atomic E-state index is 9.90. The van der Waals surface area contributed by atoms with Gasteiger partial charge in [-0.3, -0.25) is 0 Å².